The summed E-state index contributed by atoms with van der Waals surface area (Å²) in [5.74, 6) is 0. The quantitative estimate of drug-likeness (QED) is 0.412. The van der Waals surface area contributed by atoms with Gasteiger partial charge in [0.25, 0.3) is 0 Å². The van der Waals surface area contributed by atoms with Gasteiger partial charge in [0.15, 0.2) is 0 Å². The van der Waals surface area contributed by atoms with E-state index in [1.165, 1.54) is 5.57 Å². The summed E-state index contributed by atoms with van der Waals surface area (Å²) in [5, 5.41) is 0. The van der Waals surface area contributed by atoms with Crippen molar-refractivity contribution in [2.24, 2.45) is 0 Å². The van der Waals surface area contributed by atoms with Crippen LogP contribution >= 0.6 is 0 Å². The van der Waals surface area contributed by atoms with Crippen molar-refractivity contribution in [3.05, 3.63) is 49.1 Å². The van der Waals surface area contributed by atoms with E-state index in [0.29, 0.717) is 0 Å². The Morgan fingerprint density at radius 3 is 2.09 bits per heavy atom. The molecule has 0 unspecified atom stereocenters. The second-order valence-corrected chi connectivity index (χ2v) is 2.47. The van der Waals surface area contributed by atoms with E-state index in [9.17, 15) is 0 Å². The molecule has 0 amide bonds. The van der Waals surface area contributed by atoms with Crippen LogP contribution in [0.5, 0.6) is 0 Å². The third-order valence-corrected chi connectivity index (χ3v) is 1.66. The fraction of sp³-hybridized carbons (Fsp3) is 0.273. The Morgan fingerprint density at radius 1 is 1.18 bits per heavy atom. The molecule has 0 spiro atoms. The van der Waals surface area contributed by atoms with Crippen LogP contribution in [0.1, 0.15) is 19.8 Å². The third kappa shape index (κ3) is 3.61. The van der Waals surface area contributed by atoms with Gasteiger partial charge in [-0.3, -0.25) is 0 Å². The lowest BCUT2D eigenvalue weighted by molar-refractivity contribution is 0.972. The Kier molecular flexibility index (Phi) is 5.18. The Labute approximate surface area is 69.6 Å². The molecule has 60 valence electrons. The van der Waals surface area contributed by atoms with E-state index >= 15 is 0 Å². The summed E-state index contributed by atoms with van der Waals surface area (Å²) in [6.07, 6.45) is 7.68. The summed E-state index contributed by atoms with van der Waals surface area (Å²) in [4.78, 5) is 0. The van der Waals surface area contributed by atoms with Gasteiger partial charge in [0.05, 0.1) is 0 Å². The Morgan fingerprint density at radius 2 is 1.73 bits per heavy atom. The van der Waals surface area contributed by atoms with Crippen LogP contribution in [0, 0.1) is 0 Å². The van der Waals surface area contributed by atoms with Crippen molar-refractivity contribution in [1.29, 1.82) is 0 Å². The number of hydrogen-bond acceptors (Lipinski definition) is 0. The van der Waals surface area contributed by atoms with Crippen LogP contribution in [0.15, 0.2) is 49.1 Å². The SMILES string of the molecule is C=CCCC(C)=C(C=C)C=C. The standard InChI is InChI=1S/C11H16/c1-5-8-9-10(4)11(6-2)7-3/h5-7H,1-3,8-9H2,4H3. The fourth-order valence-corrected chi connectivity index (χ4v) is 0.895. The van der Waals surface area contributed by atoms with Gasteiger partial charge < -0.3 is 0 Å². The van der Waals surface area contributed by atoms with Gasteiger partial charge in [-0.15, -0.1) is 6.58 Å². The minimum Gasteiger partial charge on any atom is -0.103 e. The lowest BCUT2D eigenvalue weighted by atomic mass is 10.1. The van der Waals surface area contributed by atoms with Crippen LogP contribution in [0.4, 0.5) is 0 Å². The molecule has 0 saturated carbocycles. The monoisotopic (exact) mass is 148 g/mol. The van der Waals surface area contributed by atoms with Crippen molar-refractivity contribution in [3.63, 3.8) is 0 Å². The van der Waals surface area contributed by atoms with Crippen molar-refractivity contribution < 1.29 is 0 Å². The van der Waals surface area contributed by atoms with Crippen molar-refractivity contribution >= 4 is 0 Å². The van der Waals surface area contributed by atoms with E-state index in [4.69, 9.17) is 0 Å². The summed E-state index contributed by atoms with van der Waals surface area (Å²) < 4.78 is 0. The average Bonchev–Trinajstić information content (AvgIpc) is 2.03. The first-order valence-electron chi connectivity index (χ1n) is 3.81. The first kappa shape index (κ1) is 9.96. The highest BCUT2D eigenvalue weighted by molar-refractivity contribution is 5.32. The van der Waals surface area contributed by atoms with E-state index in [1.54, 1.807) is 0 Å². The minimum absolute atomic E-state index is 1.02. The zero-order chi connectivity index (χ0) is 8.69. The molecule has 0 heteroatoms. The molecule has 0 fully saturated rings. The van der Waals surface area contributed by atoms with Crippen LogP contribution < -0.4 is 0 Å². The molecule has 0 aromatic rings. The van der Waals surface area contributed by atoms with E-state index in [0.717, 1.165) is 18.4 Å². The third-order valence-electron chi connectivity index (χ3n) is 1.66. The number of hydrogen-bond donors (Lipinski definition) is 0. The molecule has 0 aliphatic carbocycles. The molecule has 0 N–H and O–H groups in total. The topological polar surface area (TPSA) is 0 Å². The number of rotatable bonds is 5. The molecule has 0 saturated heterocycles. The highest BCUT2D eigenvalue weighted by Crippen LogP contribution is 2.12. The van der Waals surface area contributed by atoms with Gasteiger partial charge >= 0.3 is 0 Å². The molecular weight excluding hydrogens is 132 g/mol. The minimum atomic E-state index is 1.02. The summed E-state index contributed by atoms with van der Waals surface area (Å²) in [5.41, 5.74) is 2.47. The van der Waals surface area contributed by atoms with Crippen molar-refractivity contribution in [2.75, 3.05) is 0 Å². The van der Waals surface area contributed by atoms with Crippen LogP contribution in [-0.4, -0.2) is 0 Å². The fourth-order valence-electron chi connectivity index (χ4n) is 0.895. The van der Waals surface area contributed by atoms with Gasteiger partial charge in [0.1, 0.15) is 0 Å². The van der Waals surface area contributed by atoms with Crippen molar-refractivity contribution in [3.8, 4) is 0 Å². The van der Waals surface area contributed by atoms with Gasteiger partial charge in [0.2, 0.25) is 0 Å². The summed E-state index contributed by atoms with van der Waals surface area (Å²) in [6, 6.07) is 0. The van der Waals surface area contributed by atoms with Crippen molar-refractivity contribution in [1.82, 2.24) is 0 Å². The molecule has 0 nitrogen and oxygen atoms in total. The Bertz CT molecular complexity index is 172. The second kappa shape index (κ2) is 5.72. The maximum atomic E-state index is 3.71. The predicted molar refractivity (Wildman–Crippen MR) is 52.5 cm³/mol. The molecule has 0 heterocycles. The molecular formula is C11H16. The van der Waals surface area contributed by atoms with Gasteiger partial charge in [0, 0.05) is 0 Å². The molecule has 0 aromatic heterocycles. The molecule has 0 aliphatic rings. The Balaban J connectivity index is 4.21. The normalized spacial score (nSPS) is 8.45. The molecule has 0 bridgehead atoms. The molecule has 0 atom stereocenters. The molecule has 0 rings (SSSR count). The molecule has 0 aromatic carbocycles. The van der Waals surface area contributed by atoms with Gasteiger partial charge in [-0.2, -0.15) is 0 Å². The maximum absolute atomic E-state index is 3.71. The summed E-state index contributed by atoms with van der Waals surface area (Å²) >= 11 is 0. The predicted octanol–water partition coefficient (Wildman–Crippen LogP) is 3.64. The van der Waals surface area contributed by atoms with Gasteiger partial charge in [-0.05, 0) is 25.3 Å². The van der Waals surface area contributed by atoms with Crippen LogP contribution in [0.25, 0.3) is 0 Å². The second-order valence-electron chi connectivity index (χ2n) is 2.47. The molecule has 11 heavy (non-hydrogen) atoms. The molecule has 0 aliphatic heterocycles. The van der Waals surface area contributed by atoms with E-state index in [1.807, 2.05) is 18.2 Å². The summed E-state index contributed by atoms with van der Waals surface area (Å²) in [7, 11) is 0. The average molecular weight is 148 g/mol. The lowest BCUT2D eigenvalue weighted by Crippen LogP contribution is -1.81. The zero-order valence-corrected chi connectivity index (χ0v) is 7.27. The lowest BCUT2D eigenvalue weighted by Gasteiger charge is -2.01. The van der Waals surface area contributed by atoms with Crippen LogP contribution in [-0.2, 0) is 0 Å². The van der Waals surface area contributed by atoms with E-state index in [2.05, 4.69) is 26.7 Å². The van der Waals surface area contributed by atoms with Crippen LogP contribution in [0.2, 0.25) is 0 Å². The van der Waals surface area contributed by atoms with E-state index < -0.39 is 0 Å². The van der Waals surface area contributed by atoms with Gasteiger partial charge in [-0.25, -0.2) is 0 Å². The number of allylic oxidation sites excluding steroid dienone is 5. The maximum Gasteiger partial charge on any atom is -0.0279 e. The first-order chi connectivity index (χ1) is 5.26. The highest BCUT2D eigenvalue weighted by Gasteiger charge is 1.92. The zero-order valence-electron chi connectivity index (χ0n) is 7.27. The van der Waals surface area contributed by atoms with E-state index in [-0.39, 0.29) is 0 Å². The molecule has 0 radical (unpaired) electrons. The summed E-state index contributed by atoms with van der Waals surface area (Å²) in [6.45, 7) is 13.2. The van der Waals surface area contributed by atoms with Gasteiger partial charge in [-0.1, -0.05) is 37.0 Å². The smallest absolute Gasteiger partial charge is 0.0279 e. The van der Waals surface area contributed by atoms with Crippen LogP contribution in [0.3, 0.4) is 0 Å². The Hall–Kier alpha value is -1.04. The first-order valence-corrected chi connectivity index (χ1v) is 3.81. The van der Waals surface area contributed by atoms with Crippen molar-refractivity contribution in [2.45, 2.75) is 19.8 Å². The highest BCUT2D eigenvalue weighted by atomic mass is 14.0. The largest absolute Gasteiger partial charge is 0.103 e.